The molecule has 9 heteroatoms. The molecular formula is C32H36ClN3O4S. The molecule has 4 bridgehead atoms. The largest absolute Gasteiger partial charge is 0.487 e. The van der Waals surface area contributed by atoms with Crippen LogP contribution in [0, 0.1) is 11.8 Å². The van der Waals surface area contributed by atoms with E-state index in [0.717, 1.165) is 67.8 Å². The fourth-order valence-electron chi connectivity index (χ4n) is 6.28. The van der Waals surface area contributed by atoms with Gasteiger partial charge in [0.15, 0.2) is 0 Å². The predicted molar refractivity (Wildman–Crippen MR) is 162 cm³/mol. The lowest BCUT2D eigenvalue weighted by Crippen LogP contribution is -2.43. The van der Waals surface area contributed by atoms with Gasteiger partial charge in [-0.2, -0.15) is 0 Å². The van der Waals surface area contributed by atoms with Crippen LogP contribution in [0.15, 0.2) is 65.6 Å². The number of hydrogen-bond acceptors (Lipinski definition) is 6. The Morgan fingerprint density at radius 2 is 1.78 bits per heavy atom. The zero-order chi connectivity index (χ0) is 28.6. The van der Waals surface area contributed by atoms with E-state index in [4.69, 9.17) is 16.3 Å². The van der Waals surface area contributed by atoms with Crippen molar-refractivity contribution in [2.45, 2.75) is 50.0 Å². The SMILES string of the molecule is CN1C[C@@H]2CC[C@H]2CN2CCCCc3cc(Cl)ccc3COc3ccc(cc32)S(=O)(=O)NC(=O)Cc2cccc1c2. The number of aryl methyl sites for hydroxylation is 1. The maximum Gasteiger partial charge on any atom is 0.264 e. The summed E-state index contributed by atoms with van der Waals surface area (Å²) in [5, 5.41) is 0.717. The summed E-state index contributed by atoms with van der Waals surface area (Å²) in [5.41, 5.74) is 4.84. The molecule has 0 aromatic heterocycles. The molecule has 1 amide bonds. The molecule has 7 nitrogen and oxygen atoms in total. The molecule has 0 spiro atoms. The second-order valence-electron chi connectivity index (χ2n) is 11.6. The Balaban J connectivity index is 1.39. The smallest absolute Gasteiger partial charge is 0.264 e. The normalized spacial score (nSPS) is 22.6. The topological polar surface area (TPSA) is 79.0 Å². The fourth-order valence-corrected chi connectivity index (χ4v) is 7.48. The highest BCUT2D eigenvalue weighted by Crippen LogP contribution is 2.40. The number of halogens is 1. The molecule has 2 heterocycles. The molecule has 1 aliphatic carbocycles. The second kappa shape index (κ2) is 11.6. The van der Waals surface area contributed by atoms with Gasteiger partial charge in [-0.05, 0) is 103 Å². The Labute approximate surface area is 247 Å². The van der Waals surface area contributed by atoms with Crippen molar-refractivity contribution in [3.8, 4) is 5.75 Å². The number of nitrogens with zero attached hydrogens (tertiary/aromatic N) is 2. The fraction of sp³-hybridized carbons (Fsp3) is 0.406. The lowest BCUT2D eigenvalue weighted by Gasteiger charge is -2.43. The highest BCUT2D eigenvalue weighted by molar-refractivity contribution is 7.90. The Kier molecular flexibility index (Phi) is 7.88. The molecular weight excluding hydrogens is 558 g/mol. The molecule has 1 saturated carbocycles. The number of nitrogens with one attached hydrogen (secondary N) is 1. The summed E-state index contributed by atoms with van der Waals surface area (Å²) in [6.45, 7) is 2.90. The first-order valence-electron chi connectivity index (χ1n) is 14.4. The van der Waals surface area contributed by atoms with E-state index in [-0.39, 0.29) is 11.3 Å². The van der Waals surface area contributed by atoms with Crippen molar-refractivity contribution in [1.29, 1.82) is 0 Å². The number of carbonyl (C=O) groups is 1. The molecule has 0 saturated heterocycles. The summed E-state index contributed by atoms with van der Waals surface area (Å²) in [6, 6.07) is 18.7. The van der Waals surface area contributed by atoms with E-state index in [1.165, 1.54) is 18.1 Å². The first kappa shape index (κ1) is 27.9. The predicted octanol–water partition coefficient (Wildman–Crippen LogP) is 5.59. The number of sulfonamides is 1. The van der Waals surface area contributed by atoms with E-state index in [0.29, 0.717) is 29.2 Å². The van der Waals surface area contributed by atoms with Crippen molar-refractivity contribution in [3.05, 3.63) is 82.4 Å². The average Bonchev–Trinajstić information content (AvgIpc) is 2.96. The molecule has 41 heavy (non-hydrogen) atoms. The van der Waals surface area contributed by atoms with Gasteiger partial charge in [0.2, 0.25) is 5.91 Å². The second-order valence-corrected chi connectivity index (χ2v) is 13.7. The zero-order valence-corrected chi connectivity index (χ0v) is 24.9. The molecule has 1 fully saturated rings. The maximum absolute atomic E-state index is 13.4. The van der Waals surface area contributed by atoms with E-state index in [1.54, 1.807) is 12.1 Å². The average molecular weight is 594 g/mol. The van der Waals surface area contributed by atoms with Crippen molar-refractivity contribution in [2.24, 2.45) is 11.8 Å². The van der Waals surface area contributed by atoms with Gasteiger partial charge in [0.25, 0.3) is 10.0 Å². The first-order valence-corrected chi connectivity index (χ1v) is 16.3. The number of anilines is 2. The third kappa shape index (κ3) is 6.19. The minimum atomic E-state index is -4.08. The Hall–Kier alpha value is -3.23. The van der Waals surface area contributed by atoms with Crippen LogP contribution >= 0.6 is 11.6 Å². The maximum atomic E-state index is 13.4. The number of fused-ring (bicyclic) bond motifs is 5. The van der Waals surface area contributed by atoms with Crippen LogP contribution in [0.5, 0.6) is 5.75 Å². The molecule has 0 unspecified atom stereocenters. The van der Waals surface area contributed by atoms with E-state index in [9.17, 15) is 13.2 Å². The van der Waals surface area contributed by atoms with Gasteiger partial charge in [-0.1, -0.05) is 29.8 Å². The molecule has 0 radical (unpaired) electrons. The molecule has 6 rings (SSSR count). The van der Waals surface area contributed by atoms with Crippen LogP contribution in [0.2, 0.25) is 5.02 Å². The Bertz CT molecular complexity index is 1560. The van der Waals surface area contributed by atoms with Crippen molar-refractivity contribution in [3.63, 3.8) is 0 Å². The number of rotatable bonds is 0. The van der Waals surface area contributed by atoms with E-state index >= 15 is 0 Å². The molecule has 3 aromatic carbocycles. The van der Waals surface area contributed by atoms with Gasteiger partial charge in [-0.3, -0.25) is 4.79 Å². The van der Waals surface area contributed by atoms with Crippen LogP contribution < -0.4 is 19.3 Å². The van der Waals surface area contributed by atoms with Crippen molar-refractivity contribution in [1.82, 2.24) is 4.72 Å². The summed E-state index contributed by atoms with van der Waals surface area (Å²) in [5.74, 6) is 1.10. The van der Waals surface area contributed by atoms with E-state index in [2.05, 4.69) is 21.6 Å². The summed E-state index contributed by atoms with van der Waals surface area (Å²) in [6.07, 6.45) is 5.13. The summed E-state index contributed by atoms with van der Waals surface area (Å²) >= 11 is 6.31. The first-order chi connectivity index (χ1) is 19.7. The number of amides is 1. The molecule has 2 aliphatic heterocycles. The summed E-state index contributed by atoms with van der Waals surface area (Å²) in [7, 11) is -1.99. The van der Waals surface area contributed by atoms with E-state index in [1.807, 2.05) is 42.5 Å². The lowest BCUT2D eigenvalue weighted by atomic mass is 9.73. The van der Waals surface area contributed by atoms with Crippen LogP contribution in [0.3, 0.4) is 0 Å². The minimum Gasteiger partial charge on any atom is -0.487 e. The van der Waals surface area contributed by atoms with Gasteiger partial charge in [0.05, 0.1) is 17.0 Å². The third-order valence-corrected chi connectivity index (χ3v) is 10.4. The Morgan fingerprint density at radius 1 is 0.951 bits per heavy atom. The van der Waals surface area contributed by atoms with Crippen molar-refractivity contribution >= 4 is 38.9 Å². The zero-order valence-electron chi connectivity index (χ0n) is 23.3. The van der Waals surface area contributed by atoms with Crippen molar-refractivity contribution in [2.75, 3.05) is 36.5 Å². The van der Waals surface area contributed by atoms with Crippen LogP contribution in [0.4, 0.5) is 11.4 Å². The van der Waals surface area contributed by atoms with Crippen molar-refractivity contribution < 1.29 is 17.9 Å². The van der Waals surface area contributed by atoms with Gasteiger partial charge in [-0.15, -0.1) is 0 Å². The van der Waals surface area contributed by atoms with Gasteiger partial charge in [0.1, 0.15) is 12.4 Å². The minimum absolute atomic E-state index is 0.0173. The molecule has 1 N–H and O–H groups in total. The summed E-state index contributed by atoms with van der Waals surface area (Å²) in [4.78, 5) is 17.5. The van der Waals surface area contributed by atoms with E-state index < -0.39 is 15.9 Å². The number of carbonyl (C=O) groups excluding carboxylic acids is 1. The summed E-state index contributed by atoms with van der Waals surface area (Å²) < 4.78 is 35.5. The van der Waals surface area contributed by atoms with Crippen LogP contribution in [0.25, 0.3) is 0 Å². The van der Waals surface area contributed by atoms with Gasteiger partial charge in [0, 0.05) is 37.4 Å². The molecule has 216 valence electrons. The highest BCUT2D eigenvalue weighted by atomic mass is 35.5. The number of ether oxygens (including phenoxy) is 1. The van der Waals surface area contributed by atoms with Gasteiger partial charge >= 0.3 is 0 Å². The van der Waals surface area contributed by atoms with Crippen LogP contribution in [-0.2, 0) is 34.3 Å². The molecule has 3 aliphatic rings. The Morgan fingerprint density at radius 3 is 2.61 bits per heavy atom. The molecule has 3 aromatic rings. The third-order valence-electron chi connectivity index (χ3n) is 8.76. The lowest BCUT2D eigenvalue weighted by molar-refractivity contribution is -0.118. The van der Waals surface area contributed by atoms with Gasteiger partial charge < -0.3 is 14.5 Å². The van der Waals surface area contributed by atoms with Crippen LogP contribution in [0.1, 0.15) is 42.4 Å². The standard InChI is InChI=1S/C32H36ClN3O4S/c1-35-19-24-8-9-25(24)20-36-14-3-2-6-23-17-27(33)11-10-26(23)21-40-31-13-12-29(18-30(31)36)41(38,39)34-32(37)16-22-5-4-7-28(35)15-22/h4-5,7,10-13,15,17-18,24-25H,2-3,6,8-9,14,16,19-21H2,1H3,(H,34,37)/t24-,25-/m0/s1. The number of benzene rings is 3. The highest BCUT2D eigenvalue weighted by Gasteiger charge is 2.34. The monoisotopic (exact) mass is 593 g/mol. The molecule has 2 atom stereocenters. The number of hydrogen-bond donors (Lipinski definition) is 1. The quantitative estimate of drug-likeness (QED) is 0.366. The van der Waals surface area contributed by atoms with Gasteiger partial charge in [-0.25, -0.2) is 13.1 Å². The van der Waals surface area contributed by atoms with Crippen LogP contribution in [-0.4, -0.2) is 41.0 Å².